The maximum atomic E-state index is 9.26. The van der Waals surface area contributed by atoms with Crippen molar-refractivity contribution in [2.24, 2.45) is 0 Å². The summed E-state index contributed by atoms with van der Waals surface area (Å²) in [5, 5.41) is 26.5. The molecule has 3 N–H and O–H groups in total. The molecule has 1 rings (SSSR count). The van der Waals surface area contributed by atoms with Gasteiger partial charge in [0.05, 0.1) is 25.9 Å². The molecule has 0 amide bonds. The van der Waals surface area contributed by atoms with Crippen molar-refractivity contribution in [2.75, 3.05) is 19.8 Å². The van der Waals surface area contributed by atoms with Crippen molar-refractivity contribution in [3.63, 3.8) is 0 Å². The Bertz CT molecular complexity index is 106. The lowest BCUT2D eigenvalue weighted by Gasteiger charge is -2.21. The van der Waals surface area contributed by atoms with E-state index in [1.165, 1.54) is 0 Å². The van der Waals surface area contributed by atoms with Crippen LogP contribution in [0.2, 0.25) is 0 Å². The maximum absolute atomic E-state index is 9.26. The summed E-state index contributed by atoms with van der Waals surface area (Å²) >= 11 is 0. The van der Waals surface area contributed by atoms with Crippen LogP contribution in [0, 0.1) is 0 Å². The van der Waals surface area contributed by atoms with Crippen molar-refractivity contribution in [3.8, 4) is 0 Å². The molecule has 0 aromatic rings. The normalized spacial score (nSPS) is 24.9. The summed E-state index contributed by atoms with van der Waals surface area (Å²) in [5.74, 6) is 0. The Kier molecular flexibility index (Phi) is 2.25. The van der Waals surface area contributed by atoms with E-state index in [4.69, 9.17) is 14.9 Å². The van der Waals surface area contributed by atoms with Gasteiger partial charge in [0.2, 0.25) is 0 Å². The van der Waals surface area contributed by atoms with Gasteiger partial charge in [-0.25, -0.2) is 0 Å². The first-order valence-corrected chi connectivity index (χ1v) is 3.26. The van der Waals surface area contributed by atoms with Gasteiger partial charge in [-0.3, -0.25) is 0 Å². The molecule has 4 heteroatoms. The molecule has 1 fully saturated rings. The SMILES string of the molecule is OCC(O)(CO)CC1CO1. The molecule has 0 spiro atoms. The summed E-state index contributed by atoms with van der Waals surface area (Å²) in [7, 11) is 0. The Morgan fingerprint density at radius 3 is 2.20 bits per heavy atom. The molecule has 60 valence electrons. The molecule has 4 nitrogen and oxygen atoms in total. The number of rotatable bonds is 4. The smallest absolute Gasteiger partial charge is 0.113 e. The van der Waals surface area contributed by atoms with Crippen LogP contribution in [-0.4, -0.2) is 46.8 Å². The van der Waals surface area contributed by atoms with Crippen molar-refractivity contribution >= 4 is 0 Å². The Labute approximate surface area is 59.1 Å². The zero-order valence-electron chi connectivity index (χ0n) is 5.66. The minimum atomic E-state index is -1.35. The zero-order valence-corrected chi connectivity index (χ0v) is 5.66. The molecule has 0 radical (unpaired) electrons. The molecule has 0 bridgehead atoms. The predicted octanol–water partition coefficient (Wildman–Crippen LogP) is -1.51. The average Bonchev–Trinajstić information content (AvgIpc) is 2.72. The van der Waals surface area contributed by atoms with Crippen LogP contribution in [0.4, 0.5) is 0 Å². The van der Waals surface area contributed by atoms with Gasteiger partial charge in [-0.05, 0) is 0 Å². The summed E-state index contributed by atoms with van der Waals surface area (Å²) in [6, 6.07) is 0. The summed E-state index contributed by atoms with van der Waals surface area (Å²) in [5.41, 5.74) is -1.35. The molecule has 1 unspecified atom stereocenters. The van der Waals surface area contributed by atoms with Crippen molar-refractivity contribution in [2.45, 2.75) is 18.1 Å². The summed E-state index contributed by atoms with van der Waals surface area (Å²) in [6.45, 7) is -0.199. The molecule has 1 saturated heterocycles. The van der Waals surface area contributed by atoms with Gasteiger partial charge in [0, 0.05) is 6.42 Å². The first kappa shape index (κ1) is 7.94. The lowest BCUT2D eigenvalue weighted by Crippen LogP contribution is -2.38. The fourth-order valence-electron chi connectivity index (χ4n) is 0.789. The van der Waals surface area contributed by atoms with E-state index in [9.17, 15) is 5.11 Å². The van der Waals surface area contributed by atoms with E-state index in [1.807, 2.05) is 0 Å². The summed E-state index contributed by atoms with van der Waals surface area (Å²) < 4.78 is 4.83. The van der Waals surface area contributed by atoms with Crippen LogP contribution in [-0.2, 0) is 4.74 Å². The van der Waals surface area contributed by atoms with Crippen LogP contribution >= 0.6 is 0 Å². The fourth-order valence-corrected chi connectivity index (χ4v) is 0.789. The third kappa shape index (κ3) is 1.91. The van der Waals surface area contributed by atoms with E-state index in [1.54, 1.807) is 0 Å². The molecule has 0 aromatic heterocycles. The summed E-state index contributed by atoms with van der Waals surface area (Å²) in [6.07, 6.45) is 0.351. The number of hydrogen-bond donors (Lipinski definition) is 3. The van der Waals surface area contributed by atoms with Crippen LogP contribution in [0.3, 0.4) is 0 Å². The predicted molar refractivity (Wildman–Crippen MR) is 33.5 cm³/mol. The molecular weight excluding hydrogens is 136 g/mol. The number of aliphatic hydroxyl groups is 3. The Morgan fingerprint density at radius 2 is 1.90 bits per heavy atom. The van der Waals surface area contributed by atoms with Crippen molar-refractivity contribution in [1.82, 2.24) is 0 Å². The highest BCUT2D eigenvalue weighted by Crippen LogP contribution is 2.21. The topological polar surface area (TPSA) is 73.2 Å². The number of hydrogen-bond acceptors (Lipinski definition) is 4. The van der Waals surface area contributed by atoms with E-state index in [0.29, 0.717) is 13.0 Å². The molecule has 10 heavy (non-hydrogen) atoms. The number of aliphatic hydroxyl groups excluding tert-OH is 2. The second-order valence-corrected chi connectivity index (χ2v) is 2.70. The van der Waals surface area contributed by atoms with Gasteiger partial charge in [-0.1, -0.05) is 0 Å². The van der Waals surface area contributed by atoms with E-state index in [2.05, 4.69) is 0 Å². The Balaban J connectivity index is 2.29. The second-order valence-electron chi connectivity index (χ2n) is 2.70. The Morgan fingerprint density at radius 1 is 1.40 bits per heavy atom. The number of ether oxygens (including phenoxy) is 1. The molecule has 1 aliphatic rings. The zero-order chi connectivity index (χ0) is 7.61. The van der Waals surface area contributed by atoms with E-state index < -0.39 is 18.8 Å². The van der Waals surface area contributed by atoms with Gasteiger partial charge in [0.25, 0.3) is 0 Å². The van der Waals surface area contributed by atoms with E-state index in [0.717, 1.165) is 0 Å². The highest BCUT2D eigenvalue weighted by atomic mass is 16.6. The number of epoxide rings is 1. The molecule has 0 aromatic carbocycles. The maximum Gasteiger partial charge on any atom is 0.113 e. The summed E-state index contributed by atoms with van der Waals surface area (Å²) in [4.78, 5) is 0. The minimum absolute atomic E-state index is 0.0318. The van der Waals surface area contributed by atoms with Crippen LogP contribution in [0.15, 0.2) is 0 Å². The van der Waals surface area contributed by atoms with Gasteiger partial charge in [-0.15, -0.1) is 0 Å². The van der Waals surface area contributed by atoms with Gasteiger partial charge in [0.1, 0.15) is 5.60 Å². The molecule has 0 saturated carbocycles. The fraction of sp³-hybridized carbons (Fsp3) is 1.00. The van der Waals surface area contributed by atoms with Crippen LogP contribution < -0.4 is 0 Å². The molecule has 1 heterocycles. The molecule has 1 aliphatic heterocycles. The largest absolute Gasteiger partial charge is 0.393 e. The van der Waals surface area contributed by atoms with Crippen LogP contribution in [0.5, 0.6) is 0 Å². The average molecular weight is 148 g/mol. The highest BCUT2D eigenvalue weighted by molar-refractivity contribution is 4.84. The minimum Gasteiger partial charge on any atom is -0.393 e. The van der Waals surface area contributed by atoms with E-state index in [-0.39, 0.29) is 6.10 Å². The van der Waals surface area contributed by atoms with Crippen LogP contribution in [0.1, 0.15) is 6.42 Å². The monoisotopic (exact) mass is 148 g/mol. The first-order valence-electron chi connectivity index (χ1n) is 3.26. The van der Waals surface area contributed by atoms with Gasteiger partial charge in [0.15, 0.2) is 0 Å². The molecule has 1 atom stereocenters. The molecular formula is C6H12O4. The molecule has 0 aliphatic carbocycles. The van der Waals surface area contributed by atoms with Crippen LogP contribution in [0.25, 0.3) is 0 Å². The van der Waals surface area contributed by atoms with Crippen molar-refractivity contribution < 1.29 is 20.1 Å². The Hall–Kier alpha value is -0.160. The first-order chi connectivity index (χ1) is 4.70. The highest BCUT2D eigenvalue weighted by Gasteiger charge is 2.35. The van der Waals surface area contributed by atoms with E-state index >= 15 is 0 Å². The standard InChI is InChI=1S/C6H12O4/c7-3-6(9,4-8)1-5-2-10-5/h5,7-9H,1-4H2. The quantitative estimate of drug-likeness (QED) is 0.424. The van der Waals surface area contributed by atoms with Crippen molar-refractivity contribution in [1.29, 1.82) is 0 Å². The van der Waals surface area contributed by atoms with Gasteiger partial charge < -0.3 is 20.1 Å². The lowest BCUT2D eigenvalue weighted by molar-refractivity contribution is -0.0640. The lowest BCUT2D eigenvalue weighted by atomic mass is 10.0. The van der Waals surface area contributed by atoms with Gasteiger partial charge >= 0.3 is 0 Å². The van der Waals surface area contributed by atoms with Gasteiger partial charge in [-0.2, -0.15) is 0 Å². The van der Waals surface area contributed by atoms with Crippen molar-refractivity contribution in [3.05, 3.63) is 0 Å². The third-order valence-corrected chi connectivity index (χ3v) is 1.60. The second kappa shape index (κ2) is 2.84. The third-order valence-electron chi connectivity index (χ3n) is 1.60.